The number of nitrogens with one attached hydrogen (secondary N) is 2. The van der Waals surface area contributed by atoms with Crippen LogP contribution in [0.3, 0.4) is 0 Å². The van der Waals surface area contributed by atoms with E-state index in [4.69, 9.17) is 4.74 Å². The predicted octanol–water partition coefficient (Wildman–Crippen LogP) is 1.18. The van der Waals surface area contributed by atoms with Crippen LogP contribution in [-0.4, -0.2) is 82.9 Å². The predicted molar refractivity (Wildman–Crippen MR) is 126 cm³/mol. The van der Waals surface area contributed by atoms with Crippen molar-refractivity contribution in [1.82, 2.24) is 14.5 Å². The van der Waals surface area contributed by atoms with Crippen molar-refractivity contribution >= 4 is 27.5 Å². The number of morpholine rings is 1. The van der Waals surface area contributed by atoms with Crippen LogP contribution in [-0.2, 0) is 26.0 Å². The summed E-state index contributed by atoms with van der Waals surface area (Å²) in [6.07, 6.45) is 0.924. The molecular weight excluding hydrogens is 444 g/mol. The summed E-state index contributed by atoms with van der Waals surface area (Å²) < 4.78 is 30.9. The van der Waals surface area contributed by atoms with Crippen LogP contribution in [0.25, 0.3) is 0 Å². The third-order valence-corrected chi connectivity index (χ3v) is 7.15. The monoisotopic (exact) mass is 474 g/mol. The van der Waals surface area contributed by atoms with E-state index >= 15 is 0 Å². The molecule has 2 amide bonds. The molecule has 2 aromatic carbocycles. The van der Waals surface area contributed by atoms with Crippen molar-refractivity contribution in [3.05, 3.63) is 59.7 Å². The summed E-state index contributed by atoms with van der Waals surface area (Å²) in [5.41, 5.74) is 1.99. The number of carbonyl (C=O) groups is 2. The van der Waals surface area contributed by atoms with Crippen molar-refractivity contribution in [1.29, 1.82) is 0 Å². The Morgan fingerprint density at radius 1 is 1.06 bits per heavy atom. The summed E-state index contributed by atoms with van der Waals surface area (Å²) in [6, 6.07) is 13.3. The summed E-state index contributed by atoms with van der Waals surface area (Å²) in [4.78, 5) is 27.0. The number of nitrogens with zero attached hydrogens (tertiary/aromatic N) is 2. The molecule has 3 rings (SSSR count). The van der Waals surface area contributed by atoms with Gasteiger partial charge in [0.05, 0.1) is 24.7 Å². The molecule has 2 aromatic rings. The summed E-state index contributed by atoms with van der Waals surface area (Å²) in [5.74, 6) is -0.902. The molecule has 1 aliphatic heterocycles. The Labute approximate surface area is 194 Å². The van der Waals surface area contributed by atoms with Gasteiger partial charge in [0, 0.05) is 45.0 Å². The van der Waals surface area contributed by atoms with E-state index in [1.165, 1.54) is 43.9 Å². The van der Waals surface area contributed by atoms with E-state index in [0.29, 0.717) is 5.69 Å². The highest BCUT2D eigenvalue weighted by molar-refractivity contribution is 7.89. The first-order valence-corrected chi connectivity index (χ1v) is 12.2. The summed E-state index contributed by atoms with van der Waals surface area (Å²) in [6.45, 7) is 4.20. The standard InChI is InChI=1S/C23H30N4O5S/c1-26(2)33(30,31)21-5-3-4-19(16-21)23(29)24-17-22(28)25-20-8-6-18(7-9-20)10-11-27-12-14-32-15-13-27/h3-9,16H,10-15,17H2,1-2H3,(H,24,29)(H,25,28). The third kappa shape index (κ3) is 7.10. The molecule has 1 saturated heterocycles. The van der Waals surface area contributed by atoms with Crippen LogP contribution >= 0.6 is 0 Å². The first kappa shape index (κ1) is 24.8. The molecule has 0 unspecified atom stereocenters. The second-order valence-electron chi connectivity index (χ2n) is 7.95. The minimum Gasteiger partial charge on any atom is -0.379 e. The van der Waals surface area contributed by atoms with Crippen LogP contribution in [0.15, 0.2) is 53.4 Å². The van der Waals surface area contributed by atoms with Gasteiger partial charge in [-0.05, 0) is 42.3 Å². The Balaban J connectivity index is 1.47. The molecule has 2 N–H and O–H groups in total. The minimum atomic E-state index is -3.65. The SMILES string of the molecule is CN(C)S(=O)(=O)c1cccc(C(=O)NCC(=O)Nc2ccc(CCN3CCOCC3)cc2)c1. The molecule has 33 heavy (non-hydrogen) atoms. The van der Waals surface area contributed by atoms with Crippen LogP contribution in [0.4, 0.5) is 5.69 Å². The van der Waals surface area contributed by atoms with Gasteiger partial charge in [0.2, 0.25) is 15.9 Å². The number of carbonyl (C=O) groups excluding carboxylic acids is 2. The Morgan fingerprint density at radius 2 is 1.76 bits per heavy atom. The number of amides is 2. The smallest absolute Gasteiger partial charge is 0.251 e. The number of anilines is 1. The van der Waals surface area contributed by atoms with E-state index in [0.717, 1.165) is 43.6 Å². The molecule has 0 aliphatic carbocycles. The molecule has 178 valence electrons. The lowest BCUT2D eigenvalue weighted by atomic mass is 10.1. The van der Waals surface area contributed by atoms with Crippen molar-refractivity contribution < 1.29 is 22.7 Å². The number of hydrogen-bond donors (Lipinski definition) is 2. The first-order valence-electron chi connectivity index (χ1n) is 10.8. The van der Waals surface area contributed by atoms with Gasteiger partial charge in [-0.3, -0.25) is 14.5 Å². The van der Waals surface area contributed by atoms with Gasteiger partial charge in [-0.15, -0.1) is 0 Å². The van der Waals surface area contributed by atoms with E-state index < -0.39 is 15.9 Å². The zero-order valence-electron chi connectivity index (χ0n) is 18.9. The van der Waals surface area contributed by atoms with Crippen LogP contribution in [0.2, 0.25) is 0 Å². The minimum absolute atomic E-state index is 0.0123. The van der Waals surface area contributed by atoms with Crippen LogP contribution in [0.5, 0.6) is 0 Å². The summed E-state index contributed by atoms with van der Waals surface area (Å²) in [5, 5.41) is 5.27. The van der Waals surface area contributed by atoms with Gasteiger partial charge in [0.1, 0.15) is 0 Å². The van der Waals surface area contributed by atoms with E-state index in [1.807, 2.05) is 24.3 Å². The van der Waals surface area contributed by atoms with Gasteiger partial charge in [-0.2, -0.15) is 0 Å². The fraction of sp³-hybridized carbons (Fsp3) is 0.391. The molecule has 1 aliphatic rings. The third-order valence-electron chi connectivity index (χ3n) is 5.34. The van der Waals surface area contributed by atoms with Crippen molar-refractivity contribution in [3.8, 4) is 0 Å². The number of sulfonamides is 1. The molecule has 10 heteroatoms. The average molecular weight is 475 g/mol. The molecule has 1 heterocycles. The van der Waals surface area contributed by atoms with Crippen LogP contribution < -0.4 is 10.6 Å². The van der Waals surface area contributed by atoms with E-state index in [2.05, 4.69) is 15.5 Å². The first-order chi connectivity index (χ1) is 15.8. The highest BCUT2D eigenvalue weighted by Gasteiger charge is 2.19. The fourth-order valence-corrected chi connectivity index (χ4v) is 4.29. The van der Waals surface area contributed by atoms with Crippen molar-refractivity contribution in [2.75, 3.05) is 58.8 Å². The zero-order chi connectivity index (χ0) is 23.8. The van der Waals surface area contributed by atoms with Gasteiger partial charge in [0.25, 0.3) is 5.91 Å². The summed E-state index contributed by atoms with van der Waals surface area (Å²) in [7, 11) is -0.814. The Bertz CT molecular complexity index is 1060. The molecule has 0 aromatic heterocycles. The van der Waals surface area contributed by atoms with E-state index in [-0.39, 0.29) is 22.9 Å². The second-order valence-corrected chi connectivity index (χ2v) is 10.1. The van der Waals surface area contributed by atoms with Crippen LogP contribution in [0, 0.1) is 0 Å². The van der Waals surface area contributed by atoms with Gasteiger partial charge in [0.15, 0.2) is 0 Å². The lowest BCUT2D eigenvalue weighted by Crippen LogP contribution is -2.37. The lowest BCUT2D eigenvalue weighted by Gasteiger charge is -2.26. The number of hydrogen-bond acceptors (Lipinski definition) is 6. The quantitative estimate of drug-likeness (QED) is 0.565. The molecule has 0 radical (unpaired) electrons. The van der Waals surface area contributed by atoms with Gasteiger partial charge in [-0.25, -0.2) is 12.7 Å². The largest absolute Gasteiger partial charge is 0.379 e. The van der Waals surface area contributed by atoms with Gasteiger partial charge < -0.3 is 15.4 Å². The molecule has 9 nitrogen and oxygen atoms in total. The Hall–Kier alpha value is -2.79. The molecule has 0 atom stereocenters. The topological polar surface area (TPSA) is 108 Å². The maximum Gasteiger partial charge on any atom is 0.251 e. The van der Waals surface area contributed by atoms with Gasteiger partial charge >= 0.3 is 0 Å². The molecule has 1 fully saturated rings. The zero-order valence-corrected chi connectivity index (χ0v) is 19.7. The fourth-order valence-electron chi connectivity index (χ4n) is 3.34. The molecular formula is C23H30N4O5S. The maximum absolute atomic E-state index is 12.4. The average Bonchev–Trinajstić information content (AvgIpc) is 2.82. The summed E-state index contributed by atoms with van der Waals surface area (Å²) >= 11 is 0. The number of benzene rings is 2. The van der Waals surface area contributed by atoms with Crippen molar-refractivity contribution in [2.45, 2.75) is 11.3 Å². The van der Waals surface area contributed by atoms with E-state index in [1.54, 1.807) is 0 Å². The molecule has 0 bridgehead atoms. The number of ether oxygens (including phenoxy) is 1. The molecule has 0 saturated carbocycles. The Kier molecular flexibility index (Phi) is 8.56. The second kappa shape index (κ2) is 11.4. The van der Waals surface area contributed by atoms with E-state index in [9.17, 15) is 18.0 Å². The lowest BCUT2D eigenvalue weighted by molar-refractivity contribution is -0.115. The normalized spacial score (nSPS) is 14.8. The number of rotatable bonds is 9. The van der Waals surface area contributed by atoms with Crippen molar-refractivity contribution in [3.63, 3.8) is 0 Å². The van der Waals surface area contributed by atoms with Gasteiger partial charge in [-0.1, -0.05) is 18.2 Å². The maximum atomic E-state index is 12.4. The highest BCUT2D eigenvalue weighted by Crippen LogP contribution is 2.15. The van der Waals surface area contributed by atoms with Crippen molar-refractivity contribution in [2.24, 2.45) is 0 Å². The highest BCUT2D eigenvalue weighted by atomic mass is 32.2. The molecule has 0 spiro atoms. The van der Waals surface area contributed by atoms with Crippen LogP contribution in [0.1, 0.15) is 15.9 Å². The Morgan fingerprint density at radius 3 is 2.42 bits per heavy atom.